The molecule has 10 nitrogen and oxygen atoms in total. The molecule has 1 aromatic carbocycles. The Kier molecular flexibility index (Phi) is 13.4. The van der Waals surface area contributed by atoms with Gasteiger partial charge in [0.2, 0.25) is 12.0 Å². The average Bonchev–Trinajstić information content (AvgIpc) is 2.80. The van der Waals surface area contributed by atoms with Gasteiger partial charge in [0, 0.05) is 6.42 Å². The number of aliphatic hydroxyl groups is 1. The molecule has 0 saturated heterocycles. The zero-order valence-electron chi connectivity index (χ0n) is 22.1. The second kappa shape index (κ2) is 15.7. The van der Waals surface area contributed by atoms with E-state index in [1.807, 2.05) is 27.7 Å². The molecule has 0 heterocycles. The number of amides is 3. The van der Waals surface area contributed by atoms with Crippen molar-refractivity contribution in [3.05, 3.63) is 48.6 Å². The van der Waals surface area contributed by atoms with E-state index >= 15 is 0 Å². The van der Waals surface area contributed by atoms with Crippen molar-refractivity contribution < 1.29 is 33.8 Å². The smallest absolute Gasteiger partial charge is 0.405 e. The number of carbonyl (C=O) groups excluding carboxylic acids is 4. The zero-order valence-corrected chi connectivity index (χ0v) is 22.1. The van der Waals surface area contributed by atoms with Crippen LogP contribution in [0.4, 0.5) is 4.79 Å². The summed E-state index contributed by atoms with van der Waals surface area (Å²) in [4.78, 5) is 49.1. The number of esters is 1. The van der Waals surface area contributed by atoms with Gasteiger partial charge in [0.25, 0.3) is 5.91 Å². The van der Waals surface area contributed by atoms with Crippen molar-refractivity contribution in [3.63, 3.8) is 0 Å². The van der Waals surface area contributed by atoms with Crippen LogP contribution in [0.2, 0.25) is 0 Å². The lowest BCUT2D eigenvalue weighted by Gasteiger charge is -2.30. The minimum Gasteiger partial charge on any atom is -0.449 e. The Labute approximate surface area is 218 Å². The van der Waals surface area contributed by atoms with Crippen LogP contribution in [0.15, 0.2) is 43.0 Å². The normalized spacial score (nSPS) is 15.2. The van der Waals surface area contributed by atoms with Crippen molar-refractivity contribution in [2.45, 2.75) is 77.7 Å². The average molecular weight is 520 g/mol. The van der Waals surface area contributed by atoms with Gasteiger partial charge in [0.15, 0.2) is 6.10 Å². The minimum atomic E-state index is -1.60. The monoisotopic (exact) mass is 519 g/mol. The highest BCUT2D eigenvalue weighted by molar-refractivity contribution is 5.90. The number of rotatable bonds is 16. The number of allylic oxidation sites excluding steroid dienone is 1. The van der Waals surface area contributed by atoms with Gasteiger partial charge in [0.05, 0.1) is 18.6 Å². The number of nitrogens with one attached hydrogen (secondary N) is 1. The lowest BCUT2D eigenvalue weighted by atomic mass is 9.86. The first kappa shape index (κ1) is 31.6. The van der Waals surface area contributed by atoms with Crippen LogP contribution in [0.25, 0.3) is 0 Å². The maximum Gasteiger partial charge on any atom is 0.405 e. The standard InChI is InChI=1S/C27H41N3O7/c1-6-19(17(4)5)14-21(31)20(12-16(2)3)30-25(33)22(15-24(28)32)36-26(34)23(37-27(29)35)13-18-10-8-7-9-11-18/h6-11,16-17,19-23,31H,1,12-15H2,2-5H3,(H2,28,32)(H2,29,35)(H,30,33)/t19-,20-,21-,22-,23-/m0/s1. The molecule has 0 fully saturated rings. The maximum atomic E-state index is 13.1. The van der Waals surface area contributed by atoms with E-state index in [-0.39, 0.29) is 24.2 Å². The SMILES string of the molecule is C=C[C@@H](C[C@H](O)[C@H](CC(C)C)NC(=O)[C@H](CC(N)=O)OC(=O)[C@H](Cc1ccccc1)OC(N)=O)C(C)C. The van der Waals surface area contributed by atoms with Crippen molar-refractivity contribution in [1.82, 2.24) is 5.32 Å². The molecular weight excluding hydrogens is 478 g/mol. The van der Waals surface area contributed by atoms with Crippen molar-refractivity contribution in [2.75, 3.05) is 0 Å². The van der Waals surface area contributed by atoms with Crippen LogP contribution in [-0.4, -0.2) is 53.3 Å². The summed E-state index contributed by atoms with van der Waals surface area (Å²) in [6.45, 7) is 11.7. The molecule has 0 aromatic heterocycles. The van der Waals surface area contributed by atoms with Crippen LogP contribution in [0.3, 0.4) is 0 Å². The van der Waals surface area contributed by atoms with Crippen molar-refractivity contribution >= 4 is 23.9 Å². The molecule has 1 rings (SSSR count). The fraction of sp³-hybridized carbons (Fsp3) is 0.556. The number of nitrogens with two attached hydrogens (primary N) is 2. The number of hydrogen-bond acceptors (Lipinski definition) is 7. The molecule has 0 aliphatic heterocycles. The molecule has 0 bridgehead atoms. The Balaban J connectivity index is 3.08. The summed E-state index contributed by atoms with van der Waals surface area (Å²) in [6, 6.07) is 8.00. The Morgan fingerprint density at radius 1 is 1.00 bits per heavy atom. The molecule has 6 N–H and O–H groups in total. The number of carbonyl (C=O) groups is 4. The maximum absolute atomic E-state index is 13.1. The second-order valence-electron chi connectivity index (χ2n) is 9.90. The van der Waals surface area contributed by atoms with E-state index in [1.165, 1.54) is 0 Å². The van der Waals surface area contributed by atoms with Gasteiger partial charge in [0.1, 0.15) is 0 Å². The van der Waals surface area contributed by atoms with Crippen molar-refractivity contribution in [2.24, 2.45) is 29.2 Å². The molecular formula is C27H41N3O7. The third kappa shape index (κ3) is 11.9. The van der Waals surface area contributed by atoms with Crippen LogP contribution in [-0.2, 0) is 30.3 Å². The van der Waals surface area contributed by atoms with Crippen LogP contribution in [0.1, 0.15) is 52.5 Å². The number of aliphatic hydroxyl groups excluding tert-OH is 1. The molecule has 0 aliphatic rings. The van der Waals surface area contributed by atoms with E-state index in [1.54, 1.807) is 36.4 Å². The number of primary amides is 2. The largest absolute Gasteiger partial charge is 0.449 e. The molecule has 37 heavy (non-hydrogen) atoms. The number of benzene rings is 1. The van der Waals surface area contributed by atoms with Crippen LogP contribution in [0, 0.1) is 17.8 Å². The van der Waals surface area contributed by atoms with E-state index < -0.39 is 54.7 Å². The van der Waals surface area contributed by atoms with Gasteiger partial charge < -0.3 is 31.4 Å². The summed E-state index contributed by atoms with van der Waals surface area (Å²) in [5.74, 6) is -2.36. The van der Waals surface area contributed by atoms with E-state index in [0.717, 1.165) is 0 Å². The van der Waals surface area contributed by atoms with Crippen LogP contribution in [0.5, 0.6) is 0 Å². The molecule has 0 aliphatic carbocycles. The van der Waals surface area contributed by atoms with Gasteiger partial charge in [-0.3, -0.25) is 9.59 Å². The van der Waals surface area contributed by atoms with Gasteiger partial charge >= 0.3 is 12.1 Å². The second-order valence-corrected chi connectivity index (χ2v) is 9.90. The van der Waals surface area contributed by atoms with E-state index in [0.29, 0.717) is 18.4 Å². The lowest BCUT2D eigenvalue weighted by molar-refractivity contribution is -0.165. The summed E-state index contributed by atoms with van der Waals surface area (Å²) >= 11 is 0. The van der Waals surface area contributed by atoms with E-state index in [9.17, 15) is 24.3 Å². The molecule has 0 radical (unpaired) electrons. The third-order valence-electron chi connectivity index (χ3n) is 5.91. The first-order valence-electron chi connectivity index (χ1n) is 12.4. The number of ether oxygens (including phenoxy) is 2. The first-order valence-corrected chi connectivity index (χ1v) is 12.4. The topological polar surface area (TPSA) is 171 Å². The summed E-state index contributed by atoms with van der Waals surface area (Å²) in [5.41, 5.74) is 11.1. The van der Waals surface area contributed by atoms with Gasteiger partial charge in [-0.1, -0.05) is 64.1 Å². The molecule has 10 heteroatoms. The summed E-state index contributed by atoms with van der Waals surface area (Å²) in [7, 11) is 0. The van der Waals surface area contributed by atoms with Gasteiger partial charge in [-0.15, -0.1) is 6.58 Å². The van der Waals surface area contributed by atoms with Crippen molar-refractivity contribution in [3.8, 4) is 0 Å². The molecule has 0 saturated carbocycles. The minimum absolute atomic E-state index is 0.0190. The fourth-order valence-electron chi connectivity index (χ4n) is 3.91. The molecule has 0 unspecified atom stereocenters. The third-order valence-corrected chi connectivity index (χ3v) is 5.91. The number of hydrogen-bond donors (Lipinski definition) is 4. The van der Waals surface area contributed by atoms with Gasteiger partial charge in [-0.05, 0) is 36.2 Å². The molecule has 1 aromatic rings. The van der Waals surface area contributed by atoms with Crippen LogP contribution < -0.4 is 16.8 Å². The Morgan fingerprint density at radius 2 is 1.62 bits per heavy atom. The van der Waals surface area contributed by atoms with Crippen molar-refractivity contribution in [1.29, 1.82) is 0 Å². The highest BCUT2D eigenvalue weighted by atomic mass is 16.6. The van der Waals surface area contributed by atoms with Crippen LogP contribution >= 0.6 is 0 Å². The summed E-state index contributed by atoms with van der Waals surface area (Å²) in [6.07, 6.45) is -3.23. The predicted octanol–water partition coefficient (Wildman–Crippen LogP) is 2.22. The zero-order chi connectivity index (χ0) is 28.1. The Hall–Kier alpha value is -3.40. The molecule has 206 valence electrons. The summed E-state index contributed by atoms with van der Waals surface area (Å²) < 4.78 is 10.2. The quantitative estimate of drug-likeness (QED) is 0.191. The molecule has 0 spiro atoms. The first-order chi connectivity index (χ1) is 17.3. The predicted molar refractivity (Wildman–Crippen MR) is 139 cm³/mol. The van der Waals surface area contributed by atoms with E-state index in [4.69, 9.17) is 20.9 Å². The van der Waals surface area contributed by atoms with Gasteiger partial charge in [-0.25, -0.2) is 9.59 Å². The molecule has 3 amide bonds. The van der Waals surface area contributed by atoms with Gasteiger partial charge in [-0.2, -0.15) is 0 Å². The fourth-order valence-corrected chi connectivity index (χ4v) is 3.91. The van der Waals surface area contributed by atoms with E-state index in [2.05, 4.69) is 11.9 Å². The highest BCUT2D eigenvalue weighted by Gasteiger charge is 2.34. The Bertz CT molecular complexity index is 905. The highest BCUT2D eigenvalue weighted by Crippen LogP contribution is 2.22. The summed E-state index contributed by atoms with van der Waals surface area (Å²) in [5, 5.41) is 13.6. The molecule has 5 atom stereocenters. The lowest BCUT2D eigenvalue weighted by Crippen LogP contribution is -2.51. The Morgan fingerprint density at radius 3 is 2.11 bits per heavy atom.